The highest BCUT2D eigenvalue weighted by Crippen LogP contribution is 2.17. The molecule has 1 amide bonds. The summed E-state index contributed by atoms with van der Waals surface area (Å²) in [4.78, 5) is 14.1. The number of benzene rings is 1. The highest BCUT2D eigenvalue weighted by Gasteiger charge is 2.19. The van der Waals surface area contributed by atoms with Crippen molar-refractivity contribution >= 4 is 35.8 Å². The van der Waals surface area contributed by atoms with E-state index in [2.05, 4.69) is 0 Å². The summed E-state index contributed by atoms with van der Waals surface area (Å²) in [5.74, 6) is 2.19. The molecule has 0 radical (unpaired) electrons. The van der Waals surface area contributed by atoms with Crippen molar-refractivity contribution in [2.45, 2.75) is 6.92 Å². The zero-order valence-corrected chi connectivity index (χ0v) is 11.4. The van der Waals surface area contributed by atoms with Gasteiger partial charge in [0.2, 0.25) is 0 Å². The number of carbonyl (C=O) groups is 1. The third-order valence-corrected chi connectivity index (χ3v) is 3.73. The molecule has 1 aromatic carbocycles. The third-order valence-electron chi connectivity index (χ3n) is 2.79. The molecule has 2 N–H and O–H groups in total. The molecular weight excluding hydrogens is 256 g/mol. The number of carbonyl (C=O) groups excluding carboxylic acids is 1. The zero-order chi connectivity index (χ0) is 11.5. The van der Waals surface area contributed by atoms with Crippen LogP contribution in [0.2, 0.25) is 0 Å². The number of aryl methyl sites for hydroxylation is 1. The van der Waals surface area contributed by atoms with Crippen molar-refractivity contribution in [1.29, 1.82) is 0 Å². The van der Waals surface area contributed by atoms with Gasteiger partial charge in [0.15, 0.2) is 0 Å². The van der Waals surface area contributed by atoms with Crippen LogP contribution < -0.4 is 5.73 Å². The molecule has 1 aliphatic rings. The van der Waals surface area contributed by atoms with Gasteiger partial charge in [-0.3, -0.25) is 4.79 Å². The van der Waals surface area contributed by atoms with Gasteiger partial charge in [-0.1, -0.05) is 6.07 Å². The predicted octanol–water partition coefficient (Wildman–Crippen LogP) is 2.19. The first-order valence-electron chi connectivity index (χ1n) is 5.41. The molecule has 2 rings (SSSR count). The number of amides is 1. The van der Waals surface area contributed by atoms with Gasteiger partial charge in [0, 0.05) is 35.8 Å². The van der Waals surface area contributed by atoms with Crippen LogP contribution in [-0.2, 0) is 0 Å². The second-order valence-corrected chi connectivity index (χ2v) is 5.20. The molecule has 0 saturated carbocycles. The molecule has 5 heteroatoms. The van der Waals surface area contributed by atoms with Gasteiger partial charge in [-0.2, -0.15) is 11.8 Å². The smallest absolute Gasteiger partial charge is 0.254 e. The van der Waals surface area contributed by atoms with E-state index in [1.807, 2.05) is 35.7 Å². The summed E-state index contributed by atoms with van der Waals surface area (Å²) in [6.07, 6.45) is 0. The standard InChI is InChI=1S/C12H16N2OS.ClH/c1-9-2-3-10(13)8-11(9)12(15)14-4-6-16-7-5-14;/h2-3,8H,4-7,13H2,1H3;1H. The maximum Gasteiger partial charge on any atom is 0.254 e. The van der Waals surface area contributed by atoms with Gasteiger partial charge in [-0.05, 0) is 24.6 Å². The van der Waals surface area contributed by atoms with Crippen LogP contribution in [0.15, 0.2) is 18.2 Å². The fraction of sp³-hybridized carbons (Fsp3) is 0.417. The van der Waals surface area contributed by atoms with E-state index in [0.29, 0.717) is 5.69 Å². The number of nitrogens with zero attached hydrogens (tertiary/aromatic N) is 1. The first-order valence-corrected chi connectivity index (χ1v) is 6.57. The van der Waals surface area contributed by atoms with Crippen molar-refractivity contribution in [2.24, 2.45) is 0 Å². The maximum absolute atomic E-state index is 12.2. The average Bonchev–Trinajstić information content (AvgIpc) is 2.32. The number of thioether (sulfide) groups is 1. The molecule has 1 aromatic rings. The van der Waals surface area contributed by atoms with E-state index in [-0.39, 0.29) is 18.3 Å². The quantitative estimate of drug-likeness (QED) is 0.797. The monoisotopic (exact) mass is 272 g/mol. The van der Waals surface area contributed by atoms with E-state index in [1.165, 1.54) is 0 Å². The van der Waals surface area contributed by atoms with Crippen LogP contribution in [0.3, 0.4) is 0 Å². The summed E-state index contributed by atoms with van der Waals surface area (Å²) in [6.45, 7) is 3.64. The van der Waals surface area contributed by atoms with Gasteiger partial charge >= 0.3 is 0 Å². The SMILES string of the molecule is Cc1ccc(N)cc1C(=O)N1CCSCC1.Cl. The minimum Gasteiger partial charge on any atom is -0.399 e. The van der Waals surface area contributed by atoms with Crippen LogP contribution in [0.25, 0.3) is 0 Å². The Morgan fingerprint density at radius 3 is 2.65 bits per heavy atom. The van der Waals surface area contributed by atoms with Crippen molar-refractivity contribution < 1.29 is 4.79 Å². The van der Waals surface area contributed by atoms with Crippen molar-refractivity contribution in [2.75, 3.05) is 30.3 Å². The number of hydrogen-bond donors (Lipinski definition) is 1. The van der Waals surface area contributed by atoms with Crippen LogP contribution in [0.5, 0.6) is 0 Å². The Balaban J connectivity index is 0.00000144. The van der Waals surface area contributed by atoms with E-state index < -0.39 is 0 Å². The molecule has 0 unspecified atom stereocenters. The number of rotatable bonds is 1. The minimum atomic E-state index is 0. The van der Waals surface area contributed by atoms with Crippen LogP contribution in [-0.4, -0.2) is 35.4 Å². The van der Waals surface area contributed by atoms with Gasteiger partial charge < -0.3 is 10.6 Å². The molecule has 1 fully saturated rings. The zero-order valence-electron chi connectivity index (χ0n) is 9.81. The van der Waals surface area contributed by atoms with Crippen LogP contribution >= 0.6 is 24.2 Å². The molecule has 1 saturated heterocycles. The summed E-state index contributed by atoms with van der Waals surface area (Å²) in [5.41, 5.74) is 8.11. The number of nitrogen functional groups attached to an aromatic ring is 1. The maximum atomic E-state index is 12.2. The van der Waals surface area contributed by atoms with Crippen LogP contribution in [0, 0.1) is 6.92 Å². The van der Waals surface area contributed by atoms with Gasteiger partial charge in [0.1, 0.15) is 0 Å². The molecule has 0 atom stereocenters. The first kappa shape index (κ1) is 14.2. The lowest BCUT2D eigenvalue weighted by Crippen LogP contribution is -2.38. The largest absolute Gasteiger partial charge is 0.399 e. The third kappa shape index (κ3) is 3.30. The molecule has 1 aliphatic heterocycles. The summed E-state index contributed by atoms with van der Waals surface area (Å²) in [5, 5.41) is 0. The molecular formula is C12H17ClN2OS. The summed E-state index contributed by atoms with van der Waals surface area (Å²) in [6, 6.07) is 5.51. The van der Waals surface area contributed by atoms with E-state index in [4.69, 9.17) is 5.73 Å². The number of anilines is 1. The summed E-state index contributed by atoms with van der Waals surface area (Å²) < 4.78 is 0. The predicted molar refractivity (Wildman–Crippen MR) is 76.1 cm³/mol. The Bertz CT molecular complexity index is 405. The molecule has 17 heavy (non-hydrogen) atoms. The lowest BCUT2D eigenvalue weighted by Gasteiger charge is -2.27. The molecule has 0 bridgehead atoms. The molecule has 0 aromatic heterocycles. The van der Waals surface area contributed by atoms with Crippen LogP contribution in [0.4, 0.5) is 5.69 Å². The molecule has 1 heterocycles. The Morgan fingerprint density at radius 2 is 2.00 bits per heavy atom. The van der Waals surface area contributed by atoms with Crippen molar-refractivity contribution in [3.63, 3.8) is 0 Å². The second-order valence-electron chi connectivity index (χ2n) is 3.98. The summed E-state index contributed by atoms with van der Waals surface area (Å²) >= 11 is 1.90. The number of halogens is 1. The second kappa shape index (κ2) is 6.17. The lowest BCUT2D eigenvalue weighted by atomic mass is 10.1. The fourth-order valence-electron chi connectivity index (χ4n) is 1.81. The lowest BCUT2D eigenvalue weighted by molar-refractivity contribution is 0.0771. The van der Waals surface area contributed by atoms with Gasteiger partial charge in [-0.25, -0.2) is 0 Å². The highest BCUT2D eigenvalue weighted by atomic mass is 35.5. The fourth-order valence-corrected chi connectivity index (χ4v) is 2.71. The Hall–Kier alpha value is -0.870. The van der Waals surface area contributed by atoms with Gasteiger partial charge in [-0.15, -0.1) is 12.4 Å². The first-order chi connectivity index (χ1) is 7.68. The molecule has 94 valence electrons. The van der Waals surface area contributed by atoms with Crippen molar-refractivity contribution in [3.05, 3.63) is 29.3 Å². The minimum absolute atomic E-state index is 0. The van der Waals surface area contributed by atoms with Crippen LogP contribution in [0.1, 0.15) is 15.9 Å². The molecule has 0 aliphatic carbocycles. The normalized spacial score (nSPS) is 15.2. The summed E-state index contributed by atoms with van der Waals surface area (Å²) in [7, 11) is 0. The average molecular weight is 273 g/mol. The molecule has 0 spiro atoms. The Labute approximate surface area is 112 Å². The van der Waals surface area contributed by atoms with E-state index in [9.17, 15) is 4.79 Å². The van der Waals surface area contributed by atoms with Crippen molar-refractivity contribution in [1.82, 2.24) is 4.90 Å². The topological polar surface area (TPSA) is 46.3 Å². The number of nitrogens with two attached hydrogens (primary N) is 1. The van der Waals surface area contributed by atoms with Gasteiger partial charge in [0.05, 0.1) is 0 Å². The highest BCUT2D eigenvalue weighted by molar-refractivity contribution is 7.99. The van der Waals surface area contributed by atoms with Crippen molar-refractivity contribution in [3.8, 4) is 0 Å². The van der Waals surface area contributed by atoms with E-state index in [0.717, 1.165) is 35.7 Å². The number of hydrogen-bond acceptors (Lipinski definition) is 3. The Kier molecular flexibility index (Phi) is 5.15. The molecule has 3 nitrogen and oxygen atoms in total. The Morgan fingerprint density at radius 1 is 1.35 bits per heavy atom. The van der Waals surface area contributed by atoms with E-state index in [1.54, 1.807) is 6.07 Å². The van der Waals surface area contributed by atoms with E-state index >= 15 is 0 Å². The van der Waals surface area contributed by atoms with Gasteiger partial charge in [0.25, 0.3) is 5.91 Å².